The lowest BCUT2D eigenvalue weighted by Crippen LogP contribution is -2.41. The summed E-state index contributed by atoms with van der Waals surface area (Å²) >= 11 is 0. The van der Waals surface area contributed by atoms with Crippen molar-refractivity contribution in [1.29, 1.82) is 0 Å². The maximum absolute atomic E-state index is 5.97. The Kier molecular flexibility index (Phi) is 9.36. The van der Waals surface area contributed by atoms with Crippen LogP contribution < -0.4 is 0 Å². The highest BCUT2D eigenvalue weighted by molar-refractivity contribution is 6.60. The molecular formula is C16H34BNO2. The maximum Gasteiger partial charge on any atom is 0.496 e. The van der Waals surface area contributed by atoms with Gasteiger partial charge in [-0.05, 0) is 47.0 Å². The first-order valence-electron chi connectivity index (χ1n) is 7.08. The minimum Gasteiger partial charge on any atom is -0.399 e. The van der Waals surface area contributed by atoms with Crippen molar-refractivity contribution >= 4 is 13.3 Å². The van der Waals surface area contributed by atoms with Crippen molar-refractivity contribution in [3.8, 4) is 0 Å². The van der Waals surface area contributed by atoms with Crippen molar-refractivity contribution in [1.82, 2.24) is 0 Å². The van der Waals surface area contributed by atoms with Crippen LogP contribution in [-0.4, -0.2) is 31.6 Å². The summed E-state index contributed by atoms with van der Waals surface area (Å²) in [5, 5.41) is 0. The van der Waals surface area contributed by atoms with Gasteiger partial charge in [0, 0.05) is 13.3 Å². The van der Waals surface area contributed by atoms with Gasteiger partial charge >= 0.3 is 7.12 Å². The van der Waals surface area contributed by atoms with Crippen molar-refractivity contribution in [2.75, 3.05) is 7.05 Å². The molecule has 0 radical (unpaired) electrons. The number of allylic oxidation sites excluding steroid dienone is 2. The van der Waals surface area contributed by atoms with Crippen LogP contribution >= 0.6 is 0 Å². The molecule has 0 atom stereocenters. The normalized spacial score (nSPS) is 19.1. The van der Waals surface area contributed by atoms with E-state index >= 15 is 0 Å². The van der Waals surface area contributed by atoms with E-state index in [1.165, 1.54) is 12.0 Å². The third-order valence-electron chi connectivity index (χ3n) is 3.35. The summed E-state index contributed by atoms with van der Waals surface area (Å²) in [6.45, 7) is 16.6. The van der Waals surface area contributed by atoms with Gasteiger partial charge in [-0.1, -0.05) is 33.3 Å². The van der Waals surface area contributed by atoms with E-state index in [-0.39, 0.29) is 25.7 Å². The molecule has 1 heterocycles. The number of hydrogen-bond donors (Lipinski definition) is 0. The molecule has 0 spiro atoms. The fraction of sp³-hybridized carbons (Fsp3) is 0.812. The van der Waals surface area contributed by atoms with E-state index < -0.39 is 0 Å². The molecule has 1 saturated heterocycles. The van der Waals surface area contributed by atoms with Gasteiger partial charge in [-0.25, -0.2) is 0 Å². The predicted octanol–water partition coefficient (Wildman–Crippen LogP) is 4.71. The van der Waals surface area contributed by atoms with Crippen LogP contribution in [0.2, 0.25) is 0 Å². The molecule has 0 aliphatic carbocycles. The number of nitrogens with zero attached hydrogens (tertiary/aromatic N) is 1. The van der Waals surface area contributed by atoms with Gasteiger partial charge in [0.05, 0.1) is 11.2 Å². The first-order chi connectivity index (χ1) is 8.62. The summed E-state index contributed by atoms with van der Waals surface area (Å²) < 4.78 is 11.9. The number of rotatable bonds is 2. The molecule has 1 aliphatic rings. The Morgan fingerprint density at radius 1 is 1.05 bits per heavy atom. The molecular weight excluding hydrogens is 249 g/mol. The van der Waals surface area contributed by atoms with E-state index in [9.17, 15) is 0 Å². The van der Waals surface area contributed by atoms with E-state index in [4.69, 9.17) is 9.31 Å². The molecule has 20 heavy (non-hydrogen) atoms. The van der Waals surface area contributed by atoms with Crippen molar-refractivity contribution in [3.05, 3.63) is 11.0 Å². The van der Waals surface area contributed by atoms with Gasteiger partial charge in [-0.15, -0.1) is 0 Å². The fourth-order valence-corrected chi connectivity index (χ4v) is 1.53. The molecule has 1 fully saturated rings. The third kappa shape index (κ3) is 5.41. The number of hydrogen-bond acceptors (Lipinski definition) is 3. The largest absolute Gasteiger partial charge is 0.496 e. The smallest absolute Gasteiger partial charge is 0.399 e. The van der Waals surface area contributed by atoms with Crippen LogP contribution in [0.3, 0.4) is 0 Å². The topological polar surface area (TPSA) is 30.8 Å². The molecule has 0 aromatic heterocycles. The average molecular weight is 283 g/mol. The second-order valence-electron chi connectivity index (χ2n) is 6.14. The quantitative estimate of drug-likeness (QED) is 0.543. The van der Waals surface area contributed by atoms with E-state index in [1.54, 1.807) is 7.05 Å². The Morgan fingerprint density at radius 2 is 1.40 bits per heavy atom. The third-order valence-corrected chi connectivity index (χ3v) is 3.35. The summed E-state index contributed by atoms with van der Waals surface area (Å²) in [7, 11) is 1.45. The second kappa shape index (κ2) is 8.63. The molecule has 118 valence electrons. The minimum atomic E-state index is -0.307. The Balaban J connectivity index is 0. The van der Waals surface area contributed by atoms with E-state index in [0.717, 1.165) is 5.47 Å². The van der Waals surface area contributed by atoms with Crippen molar-refractivity contribution in [2.45, 2.75) is 80.4 Å². The van der Waals surface area contributed by atoms with E-state index in [0.29, 0.717) is 0 Å². The Bertz CT molecular complexity index is 326. The number of aliphatic imine (C=N–C) groups is 1. The van der Waals surface area contributed by atoms with Crippen molar-refractivity contribution < 1.29 is 9.31 Å². The summed E-state index contributed by atoms with van der Waals surface area (Å²) in [6.07, 6.45) is 3.07. The van der Waals surface area contributed by atoms with Gasteiger partial charge < -0.3 is 9.31 Å². The zero-order valence-electron chi connectivity index (χ0n) is 14.1. The van der Waals surface area contributed by atoms with Gasteiger partial charge in [0.1, 0.15) is 0 Å². The highest BCUT2D eigenvalue weighted by Gasteiger charge is 2.52. The van der Waals surface area contributed by atoms with Gasteiger partial charge in [-0.2, -0.15) is 0 Å². The Hall–Kier alpha value is -0.605. The Morgan fingerprint density at radius 3 is 1.65 bits per heavy atom. The first kappa shape index (κ1) is 21.7. The lowest BCUT2D eigenvalue weighted by atomic mass is 9.76. The van der Waals surface area contributed by atoms with E-state index in [1.807, 2.05) is 20.1 Å². The molecule has 1 rings (SSSR count). The second-order valence-corrected chi connectivity index (χ2v) is 6.14. The van der Waals surface area contributed by atoms with E-state index in [2.05, 4.69) is 46.5 Å². The lowest BCUT2D eigenvalue weighted by Gasteiger charge is -2.32. The lowest BCUT2D eigenvalue weighted by molar-refractivity contribution is 0.00578. The summed E-state index contributed by atoms with van der Waals surface area (Å²) in [5.74, 6) is 0. The minimum absolute atomic E-state index is 0. The van der Waals surface area contributed by atoms with Gasteiger partial charge in [0.25, 0.3) is 0 Å². The molecule has 0 unspecified atom stereocenters. The SMILES string of the molecule is C.CCC.CN=CC(B1OC(C)(C)C(C)(C)O1)=C(C)C. The summed E-state index contributed by atoms with van der Waals surface area (Å²) in [4.78, 5) is 4.05. The average Bonchev–Trinajstić information content (AvgIpc) is 2.45. The van der Waals surface area contributed by atoms with Gasteiger partial charge in [0.2, 0.25) is 0 Å². The van der Waals surface area contributed by atoms with Gasteiger partial charge in [-0.3, -0.25) is 4.99 Å². The maximum atomic E-state index is 5.97. The molecule has 0 bridgehead atoms. The zero-order valence-corrected chi connectivity index (χ0v) is 14.1. The van der Waals surface area contributed by atoms with Crippen LogP contribution in [0.4, 0.5) is 0 Å². The molecule has 0 N–H and O–H groups in total. The molecule has 0 amide bonds. The van der Waals surface area contributed by atoms with Crippen LogP contribution in [0.1, 0.15) is 69.2 Å². The Labute approximate surface area is 127 Å². The first-order valence-corrected chi connectivity index (χ1v) is 7.08. The summed E-state index contributed by atoms with van der Waals surface area (Å²) in [5.41, 5.74) is 1.60. The molecule has 0 saturated carbocycles. The molecule has 1 aliphatic heterocycles. The van der Waals surface area contributed by atoms with Crippen LogP contribution in [0.15, 0.2) is 16.0 Å². The summed E-state index contributed by atoms with van der Waals surface area (Å²) in [6, 6.07) is 0. The van der Waals surface area contributed by atoms with Crippen LogP contribution in [0.5, 0.6) is 0 Å². The molecule has 3 nitrogen and oxygen atoms in total. The molecule has 0 aromatic rings. The van der Waals surface area contributed by atoms with Crippen LogP contribution in [0.25, 0.3) is 0 Å². The monoisotopic (exact) mass is 283 g/mol. The highest BCUT2D eigenvalue weighted by Crippen LogP contribution is 2.38. The van der Waals surface area contributed by atoms with Crippen molar-refractivity contribution in [3.63, 3.8) is 0 Å². The fourth-order valence-electron chi connectivity index (χ4n) is 1.53. The highest BCUT2D eigenvalue weighted by atomic mass is 16.7. The predicted molar refractivity (Wildman–Crippen MR) is 91.6 cm³/mol. The molecule has 0 aromatic carbocycles. The van der Waals surface area contributed by atoms with Crippen LogP contribution in [-0.2, 0) is 9.31 Å². The molecule has 4 heteroatoms. The standard InChI is InChI=1S/C12H22BNO2.C3H8.CH4/c1-9(2)10(8-14-7)13-15-11(3,4)12(5,6)16-13;1-3-2;/h8H,1-7H3;3H2,1-2H3;1H4. The van der Waals surface area contributed by atoms with Crippen LogP contribution in [0, 0.1) is 0 Å². The zero-order chi connectivity index (χ0) is 15.3. The van der Waals surface area contributed by atoms with Crippen molar-refractivity contribution in [2.24, 2.45) is 4.99 Å². The van der Waals surface area contributed by atoms with Gasteiger partial charge in [0.15, 0.2) is 0 Å².